The van der Waals surface area contributed by atoms with Crippen molar-refractivity contribution in [3.05, 3.63) is 46.8 Å². The Morgan fingerprint density at radius 3 is 2.95 bits per heavy atom. The highest BCUT2D eigenvalue weighted by Gasteiger charge is 2.26. The molecule has 1 aromatic carbocycles. The molecule has 116 valence electrons. The maximum absolute atomic E-state index is 12.3. The molecule has 0 saturated heterocycles. The Bertz CT molecular complexity index is 706. The second kappa shape index (κ2) is 5.83. The lowest BCUT2D eigenvalue weighted by Gasteiger charge is -2.25. The molecule has 5 nitrogen and oxygen atoms in total. The number of fused-ring (bicyclic) bond motifs is 1. The van der Waals surface area contributed by atoms with Crippen LogP contribution < -0.4 is 10.1 Å². The van der Waals surface area contributed by atoms with Gasteiger partial charge in [0.25, 0.3) is 5.91 Å². The van der Waals surface area contributed by atoms with E-state index in [9.17, 15) is 4.79 Å². The van der Waals surface area contributed by atoms with Crippen LogP contribution in [0.4, 0.5) is 0 Å². The molecule has 1 unspecified atom stereocenters. The molecule has 1 N–H and O–H groups in total. The van der Waals surface area contributed by atoms with Crippen molar-refractivity contribution in [1.29, 1.82) is 0 Å². The van der Waals surface area contributed by atoms with E-state index < -0.39 is 6.10 Å². The molecule has 0 bridgehead atoms. The number of rotatable bonds is 3. The molecule has 2 aromatic rings. The van der Waals surface area contributed by atoms with E-state index in [0.717, 1.165) is 23.6 Å². The highest BCUT2D eigenvalue weighted by atomic mass is 16.5. The lowest BCUT2D eigenvalue weighted by Crippen LogP contribution is -2.40. The summed E-state index contributed by atoms with van der Waals surface area (Å²) in [6.45, 7) is 4.47. The van der Waals surface area contributed by atoms with Gasteiger partial charge in [-0.15, -0.1) is 0 Å². The monoisotopic (exact) mass is 299 g/mol. The average Bonchev–Trinajstić information content (AvgIpc) is 2.82. The van der Waals surface area contributed by atoms with Gasteiger partial charge in [-0.1, -0.05) is 17.7 Å². The van der Waals surface area contributed by atoms with Crippen molar-refractivity contribution in [3.8, 4) is 5.75 Å². The lowest BCUT2D eigenvalue weighted by atomic mass is 10.00. The highest BCUT2D eigenvalue weighted by molar-refractivity contribution is 5.81. The van der Waals surface area contributed by atoms with E-state index in [1.807, 2.05) is 32.2 Å². The molecule has 0 spiro atoms. The van der Waals surface area contributed by atoms with E-state index in [1.165, 1.54) is 11.1 Å². The minimum Gasteiger partial charge on any atom is -0.480 e. The SMILES string of the molecule is Cc1ccc2c(c1)CCC(C(=O)NCc1cc(C)nn1C)O2. The lowest BCUT2D eigenvalue weighted by molar-refractivity contribution is -0.128. The summed E-state index contributed by atoms with van der Waals surface area (Å²) < 4.78 is 7.63. The number of aryl methyl sites for hydroxylation is 4. The Labute approximate surface area is 130 Å². The van der Waals surface area contributed by atoms with Gasteiger partial charge in [0.2, 0.25) is 0 Å². The van der Waals surface area contributed by atoms with Crippen molar-refractivity contribution in [2.45, 2.75) is 39.3 Å². The van der Waals surface area contributed by atoms with Gasteiger partial charge in [0.15, 0.2) is 6.10 Å². The summed E-state index contributed by atoms with van der Waals surface area (Å²) in [5, 5.41) is 7.21. The first-order valence-electron chi connectivity index (χ1n) is 7.56. The Hall–Kier alpha value is -2.30. The van der Waals surface area contributed by atoms with Gasteiger partial charge >= 0.3 is 0 Å². The van der Waals surface area contributed by atoms with Crippen LogP contribution in [0.5, 0.6) is 5.75 Å². The number of carbonyl (C=O) groups is 1. The Morgan fingerprint density at radius 2 is 2.23 bits per heavy atom. The number of aromatic nitrogens is 2. The van der Waals surface area contributed by atoms with Crippen LogP contribution in [0, 0.1) is 13.8 Å². The minimum atomic E-state index is -0.412. The number of nitrogens with zero attached hydrogens (tertiary/aromatic N) is 2. The van der Waals surface area contributed by atoms with E-state index in [0.29, 0.717) is 13.0 Å². The fourth-order valence-electron chi connectivity index (χ4n) is 2.82. The summed E-state index contributed by atoms with van der Waals surface area (Å²) in [6, 6.07) is 8.06. The van der Waals surface area contributed by atoms with Gasteiger partial charge in [0.1, 0.15) is 5.75 Å². The van der Waals surface area contributed by atoms with Crippen molar-refractivity contribution in [3.63, 3.8) is 0 Å². The third-order valence-electron chi connectivity index (χ3n) is 4.00. The van der Waals surface area contributed by atoms with Crippen LogP contribution in [0.2, 0.25) is 0 Å². The zero-order chi connectivity index (χ0) is 15.7. The van der Waals surface area contributed by atoms with Crippen LogP contribution >= 0.6 is 0 Å². The maximum Gasteiger partial charge on any atom is 0.261 e. The molecule has 1 aliphatic heterocycles. The summed E-state index contributed by atoms with van der Waals surface area (Å²) in [5.41, 5.74) is 4.34. The molecule has 22 heavy (non-hydrogen) atoms. The summed E-state index contributed by atoms with van der Waals surface area (Å²) >= 11 is 0. The molecular formula is C17H21N3O2. The molecule has 0 saturated carbocycles. The van der Waals surface area contributed by atoms with Crippen LogP contribution in [-0.2, 0) is 24.8 Å². The van der Waals surface area contributed by atoms with Gasteiger partial charge in [0.05, 0.1) is 17.9 Å². The Morgan fingerprint density at radius 1 is 1.41 bits per heavy atom. The van der Waals surface area contributed by atoms with Crippen LogP contribution in [0.15, 0.2) is 24.3 Å². The molecule has 3 rings (SSSR count). The summed E-state index contributed by atoms with van der Waals surface area (Å²) in [7, 11) is 1.88. The molecule has 0 radical (unpaired) electrons. The smallest absolute Gasteiger partial charge is 0.261 e. The first-order chi connectivity index (χ1) is 10.5. The maximum atomic E-state index is 12.3. The predicted molar refractivity (Wildman–Crippen MR) is 83.7 cm³/mol. The molecule has 5 heteroatoms. The van der Waals surface area contributed by atoms with Gasteiger partial charge in [-0.2, -0.15) is 5.10 Å². The molecule has 0 aliphatic carbocycles. The van der Waals surface area contributed by atoms with E-state index in [2.05, 4.69) is 23.4 Å². The third kappa shape index (κ3) is 2.98. The van der Waals surface area contributed by atoms with Crippen LogP contribution in [0.3, 0.4) is 0 Å². The first kappa shape index (κ1) is 14.6. The zero-order valence-electron chi connectivity index (χ0n) is 13.2. The van der Waals surface area contributed by atoms with Crippen molar-refractivity contribution >= 4 is 5.91 Å². The van der Waals surface area contributed by atoms with Gasteiger partial charge < -0.3 is 10.1 Å². The minimum absolute atomic E-state index is 0.0647. The molecule has 1 atom stereocenters. The molecule has 0 fully saturated rings. The average molecular weight is 299 g/mol. The molecule has 1 amide bonds. The molecule has 1 aromatic heterocycles. The molecular weight excluding hydrogens is 278 g/mol. The van der Waals surface area contributed by atoms with Crippen molar-refractivity contribution in [1.82, 2.24) is 15.1 Å². The quantitative estimate of drug-likeness (QED) is 0.943. The Kier molecular flexibility index (Phi) is 3.88. The van der Waals surface area contributed by atoms with Crippen molar-refractivity contribution in [2.24, 2.45) is 7.05 Å². The summed E-state index contributed by atoms with van der Waals surface area (Å²) in [4.78, 5) is 12.3. The van der Waals surface area contributed by atoms with Crippen LogP contribution in [0.25, 0.3) is 0 Å². The van der Waals surface area contributed by atoms with Gasteiger partial charge in [-0.25, -0.2) is 0 Å². The predicted octanol–water partition coefficient (Wildman–Crippen LogP) is 2.05. The van der Waals surface area contributed by atoms with Gasteiger partial charge in [0, 0.05) is 7.05 Å². The molecule has 2 heterocycles. The number of benzene rings is 1. The largest absolute Gasteiger partial charge is 0.480 e. The van der Waals surface area contributed by atoms with Crippen molar-refractivity contribution in [2.75, 3.05) is 0 Å². The normalized spacial score (nSPS) is 16.8. The van der Waals surface area contributed by atoms with E-state index in [1.54, 1.807) is 4.68 Å². The van der Waals surface area contributed by atoms with E-state index in [4.69, 9.17) is 4.74 Å². The topological polar surface area (TPSA) is 56.2 Å². The number of amides is 1. The van der Waals surface area contributed by atoms with Crippen LogP contribution in [-0.4, -0.2) is 21.8 Å². The van der Waals surface area contributed by atoms with Gasteiger partial charge in [-0.05, 0) is 44.4 Å². The zero-order valence-corrected chi connectivity index (χ0v) is 13.2. The number of hydrogen-bond donors (Lipinski definition) is 1. The second-order valence-corrected chi connectivity index (χ2v) is 5.87. The second-order valence-electron chi connectivity index (χ2n) is 5.87. The number of nitrogens with one attached hydrogen (secondary N) is 1. The Balaban J connectivity index is 1.62. The van der Waals surface area contributed by atoms with Gasteiger partial charge in [-0.3, -0.25) is 9.48 Å². The van der Waals surface area contributed by atoms with E-state index >= 15 is 0 Å². The van der Waals surface area contributed by atoms with E-state index in [-0.39, 0.29) is 5.91 Å². The number of hydrogen-bond acceptors (Lipinski definition) is 3. The summed E-state index contributed by atoms with van der Waals surface area (Å²) in [6.07, 6.45) is 1.18. The van der Waals surface area contributed by atoms with Crippen LogP contribution in [0.1, 0.15) is 28.9 Å². The molecule has 1 aliphatic rings. The highest BCUT2D eigenvalue weighted by Crippen LogP contribution is 2.28. The fraction of sp³-hybridized carbons (Fsp3) is 0.412. The standard InChI is InChI=1S/C17H21N3O2/c1-11-4-6-15-13(8-11)5-7-16(22-15)17(21)18-10-14-9-12(2)19-20(14)3/h4,6,8-9,16H,5,7,10H2,1-3H3,(H,18,21). The number of ether oxygens (including phenoxy) is 1. The van der Waals surface area contributed by atoms with Crippen molar-refractivity contribution < 1.29 is 9.53 Å². The summed E-state index contributed by atoms with van der Waals surface area (Å²) in [5.74, 6) is 0.762. The first-order valence-corrected chi connectivity index (χ1v) is 7.56. The number of carbonyl (C=O) groups excluding carboxylic acids is 1. The third-order valence-corrected chi connectivity index (χ3v) is 4.00. The fourth-order valence-corrected chi connectivity index (χ4v) is 2.82.